The van der Waals surface area contributed by atoms with Gasteiger partial charge in [0.25, 0.3) is 5.91 Å². The Kier molecular flexibility index (Phi) is 9.54. The molecule has 1 saturated heterocycles. The third kappa shape index (κ3) is 6.24. The summed E-state index contributed by atoms with van der Waals surface area (Å²) in [6.07, 6.45) is 0.764. The third-order valence-corrected chi connectivity index (χ3v) is 7.41. The molecule has 0 spiro atoms. The van der Waals surface area contributed by atoms with Crippen molar-refractivity contribution in [2.75, 3.05) is 36.0 Å². The molecule has 7 nitrogen and oxygen atoms in total. The highest BCUT2D eigenvalue weighted by atomic mass is 35.5. The molecular weight excluding hydrogens is 531 g/mol. The summed E-state index contributed by atoms with van der Waals surface area (Å²) in [4.78, 5) is 34.7. The molecule has 3 rings (SSSR count). The van der Waals surface area contributed by atoms with E-state index in [1.165, 1.54) is 4.90 Å². The van der Waals surface area contributed by atoms with Crippen LogP contribution in [-0.4, -0.2) is 53.7 Å². The highest BCUT2D eigenvalue weighted by molar-refractivity contribution is 7.81. The number of carbonyl (C=O) groups is 2. The standard InChI is InChI=1S/C27H30Cl2N4O3S/c1-6-31(7-2)13-8-14-36-24(34)16-18-15-20(9-11-21(18)28)33-26(37)32(25(35)27(33,3)4)19-10-12-23(30-5)22(29)17-19/h9-12,15,17H,6-8,13-14,16H2,1-4H3. The first kappa shape index (κ1) is 28.9. The molecule has 0 bridgehead atoms. The fraction of sp³-hybridized carbons (Fsp3) is 0.407. The minimum atomic E-state index is -1.02. The molecule has 2 aromatic carbocycles. The number of nitrogens with zero attached hydrogens (tertiary/aromatic N) is 4. The minimum Gasteiger partial charge on any atom is -0.465 e. The summed E-state index contributed by atoms with van der Waals surface area (Å²) in [5.41, 5.74) is 0.968. The molecule has 1 heterocycles. The smallest absolute Gasteiger partial charge is 0.310 e. The minimum absolute atomic E-state index is 0.00429. The topological polar surface area (TPSA) is 57.5 Å². The molecule has 0 aromatic heterocycles. The molecule has 1 fully saturated rings. The Hall–Kier alpha value is -2.70. The van der Waals surface area contributed by atoms with Crippen LogP contribution >= 0.6 is 35.4 Å². The number of benzene rings is 2. The van der Waals surface area contributed by atoms with Gasteiger partial charge in [-0.1, -0.05) is 43.1 Å². The maximum atomic E-state index is 13.4. The van der Waals surface area contributed by atoms with Crippen LogP contribution < -0.4 is 9.80 Å². The van der Waals surface area contributed by atoms with Crippen LogP contribution in [0.5, 0.6) is 0 Å². The highest BCUT2D eigenvalue weighted by Gasteiger charge is 2.50. The van der Waals surface area contributed by atoms with Crippen LogP contribution in [0.15, 0.2) is 36.4 Å². The van der Waals surface area contributed by atoms with Crippen molar-refractivity contribution in [3.8, 4) is 0 Å². The van der Waals surface area contributed by atoms with Gasteiger partial charge < -0.3 is 14.5 Å². The molecule has 0 radical (unpaired) electrons. The van der Waals surface area contributed by atoms with E-state index in [1.54, 1.807) is 55.1 Å². The van der Waals surface area contributed by atoms with E-state index in [4.69, 9.17) is 46.7 Å². The summed E-state index contributed by atoms with van der Waals surface area (Å²) in [7, 11) is 0. The third-order valence-electron chi connectivity index (χ3n) is 6.38. The Morgan fingerprint density at radius 2 is 1.78 bits per heavy atom. The molecule has 0 unspecified atom stereocenters. The quantitative estimate of drug-likeness (QED) is 0.147. The van der Waals surface area contributed by atoms with E-state index in [2.05, 4.69) is 23.6 Å². The lowest BCUT2D eigenvalue weighted by atomic mass is 10.0. The molecular formula is C27H30Cl2N4O3S. The largest absolute Gasteiger partial charge is 0.465 e. The van der Waals surface area contributed by atoms with Crippen molar-refractivity contribution in [1.82, 2.24) is 4.90 Å². The molecule has 196 valence electrons. The first-order valence-corrected chi connectivity index (χ1v) is 13.2. The van der Waals surface area contributed by atoms with Gasteiger partial charge in [0.2, 0.25) is 5.69 Å². The van der Waals surface area contributed by atoms with Gasteiger partial charge in [0.15, 0.2) is 5.11 Å². The van der Waals surface area contributed by atoms with Crippen LogP contribution in [0.1, 0.15) is 39.7 Å². The summed E-state index contributed by atoms with van der Waals surface area (Å²) >= 11 is 18.4. The number of hydrogen-bond acceptors (Lipinski definition) is 5. The molecule has 1 aliphatic rings. The molecule has 0 aliphatic carbocycles. The lowest BCUT2D eigenvalue weighted by Gasteiger charge is -2.30. The predicted molar refractivity (Wildman–Crippen MR) is 153 cm³/mol. The molecule has 2 aromatic rings. The highest BCUT2D eigenvalue weighted by Crippen LogP contribution is 2.39. The normalized spacial score (nSPS) is 14.9. The van der Waals surface area contributed by atoms with Gasteiger partial charge in [-0.05, 0) is 81.5 Å². The van der Waals surface area contributed by atoms with Crippen LogP contribution in [0.25, 0.3) is 4.85 Å². The molecule has 1 aliphatic heterocycles. The summed E-state index contributed by atoms with van der Waals surface area (Å²) in [6, 6.07) is 9.98. The SMILES string of the molecule is [C-]#[N+]c1ccc(N2C(=O)C(C)(C)N(c3ccc(Cl)c(CC(=O)OCCCN(CC)CC)c3)C2=S)cc1Cl. The van der Waals surface area contributed by atoms with E-state index < -0.39 is 5.54 Å². The Morgan fingerprint density at radius 3 is 2.41 bits per heavy atom. The van der Waals surface area contributed by atoms with E-state index >= 15 is 0 Å². The number of ether oxygens (including phenoxy) is 1. The second kappa shape index (κ2) is 12.2. The number of amides is 1. The van der Waals surface area contributed by atoms with Gasteiger partial charge in [-0.25, -0.2) is 4.85 Å². The first-order chi connectivity index (χ1) is 17.5. The summed E-state index contributed by atoms with van der Waals surface area (Å²) < 4.78 is 5.43. The number of halogens is 2. The number of hydrogen-bond donors (Lipinski definition) is 0. The fourth-order valence-electron chi connectivity index (χ4n) is 4.24. The molecule has 1 amide bonds. The van der Waals surface area contributed by atoms with Crippen LogP contribution in [0, 0.1) is 6.57 Å². The average Bonchev–Trinajstić information content (AvgIpc) is 3.04. The molecule has 0 saturated carbocycles. The molecule has 10 heteroatoms. The number of anilines is 2. The van der Waals surface area contributed by atoms with Crippen molar-refractivity contribution in [2.45, 2.75) is 46.1 Å². The Bertz CT molecular complexity index is 1240. The van der Waals surface area contributed by atoms with E-state index in [0.29, 0.717) is 34.3 Å². The van der Waals surface area contributed by atoms with Crippen LogP contribution in [-0.2, 0) is 20.7 Å². The summed E-state index contributed by atoms with van der Waals surface area (Å²) in [6.45, 7) is 18.1. The van der Waals surface area contributed by atoms with Crippen molar-refractivity contribution in [3.63, 3.8) is 0 Å². The van der Waals surface area contributed by atoms with Gasteiger partial charge in [0, 0.05) is 22.3 Å². The van der Waals surface area contributed by atoms with Crippen molar-refractivity contribution >= 4 is 69.5 Å². The number of thiocarbonyl (C=S) groups is 1. The summed E-state index contributed by atoms with van der Waals surface area (Å²) in [5, 5.41) is 0.925. The van der Waals surface area contributed by atoms with Crippen molar-refractivity contribution < 1.29 is 14.3 Å². The lowest BCUT2D eigenvalue weighted by molar-refractivity contribution is -0.143. The van der Waals surface area contributed by atoms with Gasteiger partial charge in [-0.2, -0.15) is 0 Å². The van der Waals surface area contributed by atoms with Crippen LogP contribution in [0.4, 0.5) is 17.1 Å². The zero-order valence-electron chi connectivity index (χ0n) is 21.4. The van der Waals surface area contributed by atoms with Gasteiger partial charge in [0.05, 0.1) is 25.3 Å². The zero-order chi connectivity index (χ0) is 27.3. The Balaban J connectivity index is 1.79. The maximum Gasteiger partial charge on any atom is 0.310 e. The zero-order valence-corrected chi connectivity index (χ0v) is 23.7. The summed E-state index contributed by atoms with van der Waals surface area (Å²) in [5.74, 6) is -0.609. The van der Waals surface area contributed by atoms with E-state index in [0.717, 1.165) is 26.1 Å². The second-order valence-electron chi connectivity index (χ2n) is 9.12. The van der Waals surface area contributed by atoms with Crippen molar-refractivity contribution in [2.24, 2.45) is 0 Å². The van der Waals surface area contributed by atoms with Gasteiger partial charge in [-0.3, -0.25) is 14.5 Å². The number of esters is 1. The number of carbonyl (C=O) groups excluding carboxylic acids is 2. The van der Waals surface area contributed by atoms with E-state index in [-0.39, 0.29) is 28.4 Å². The molecule has 0 N–H and O–H groups in total. The number of rotatable bonds is 10. The van der Waals surface area contributed by atoms with Gasteiger partial charge >= 0.3 is 5.97 Å². The van der Waals surface area contributed by atoms with Crippen LogP contribution in [0.3, 0.4) is 0 Å². The van der Waals surface area contributed by atoms with Gasteiger partial charge in [-0.15, -0.1) is 0 Å². The monoisotopic (exact) mass is 560 g/mol. The second-order valence-corrected chi connectivity index (χ2v) is 10.3. The van der Waals surface area contributed by atoms with Gasteiger partial charge in [0.1, 0.15) is 5.54 Å². The Labute approximate surface area is 233 Å². The first-order valence-electron chi connectivity index (χ1n) is 12.1. The van der Waals surface area contributed by atoms with Crippen molar-refractivity contribution in [1.29, 1.82) is 0 Å². The Morgan fingerprint density at radius 1 is 1.11 bits per heavy atom. The van der Waals surface area contributed by atoms with E-state index in [1.807, 2.05) is 0 Å². The van der Waals surface area contributed by atoms with E-state index in [9.17, 15) is 9.59 Å². The van der Waals surface area contributed by atoms with Crippen molar-refractivity contribution in [3.05, 3.63) is 63.4 Å². The fourth-order valence-corrected chi connectivity index (χ4v) is 5.16. The predicted octanol–water partition coefficient (Wildman–Crippen LogP) is 6.28. The lowest BCUT2D eigenvalue weighted by Crippen LogP contribution is -2.44. The molecule has 0 atom stereocenters. The average molecular weight is 562 g/mol. The van der Waals surface area contributed by atoms with Crippen LogP contribution in [0.2, 0.25) is 10.0 Å². The molecule has 37 heavy (non-hydrogen) atoms. The maximum absolute atomic E-state index is 13.4.